The molecule has 0 aromatic heterocycles. The maximum Gasteiger partial charge on any atom is 0.120 e. The summed E-state index contributed by atoms with van der Waals surface area (Å²) in [6.45, 7) is 6.65. The predicted molar refractivity (Wildman–Crippen MR) is 62.0 cm³/mol. The minimum atomic E-state index is -0.146. The summed E-state index contributed by atoms with van der Waals surface area (Å²) in [5.41, 5.74) is 6.48. The molecule has 2 nitrogen and oxygen atoms in total. The zero-order valence-corrected chi connectivity index (χ0v) is 9.73. The van der Waals surface area contributed by atoms with Crippen LogP contribution in [0.15, 0.2) is 24.3 Å². The molecule has 0 fully saturated rings. The van der Waals surface area contributed by atoms with E-state index in [-0.39, 0.29) is 18.0 Å². The van der Waals surface area contributed by atoms with Crippen molar-refractivity contribution >= 4 is 12.4 Å². The Morgan fingerprint density at radius 2 is 1.93 bits per heavy atom. The SMILES string of the molecule is CC(C)(C)Oc1cccc(CN)c1.Cl. The summed E-state index contributed by atoms with van der Waals surface area (Å²) in [4.78, 5) is 0. The number of ether oxygens (including phenoxy) is 1. The lowest BCUT2D eigenvalue weighted by atomic mass is 10.1. The van der Waals surface area contributed by atoms with Gasteiger partial charge in [0.1, 0.15) is 11.4 Å². The summed E-state index contributed by atoms with van der Waals surface area (Å²) in [5.74, 6) is 0.885. The number of hydrogen-bond donors (Lipinski definition) is 1. The Kier molecular flexibility index (Phi) is 4.95. The first-order valence-electron chi connectivity index (χ1n) is 4.49. The van der Waals surface area contributed by atoms with Gasteiger partial charge in [0.2, 0.25) is 0 Å². The van der Waals surface area contributed by atoms with Gasteiger partial charge in [-0.2, -0.15) is 0 Å². The molecule has 1 aromatic rings. The van der Waals surface area contributed by atoms with Crippen LogP contribution in [0.1, 0.15) is 26.3 Å². The molecule has 80 valence electrons. The lowest BCUT2D eigenvalue weighted by molar-refractivity contribution is 0.131. The van der Waals surface area contributed by atoms with Crippen LogP contribution in [0.5, 0.6) is 5.75 Å². The van der Waals surface area contributed by atoms with Crippen LogP contribution >= 0.6 is 12.4 Å². The fourth-order valence-corrected chi connectivity index (χ4v) is 1.09. The molecular formula is C11H18ClNO. The highest BCUT2D eigenvalue weighted by Crippen LogP contribution is 2.18. The number of rotatable bonds is 2. The highest BCUT2D eigenvalue weighted by molar-refractivity contribution is 5.85. The number of halogens is 1. The van der Waals surface area contributed by atoms with E-state index in [4.69, 9.17) is 10.5 Å². The van der Waals surface area contributed by atoms with E-state index in [2.05, 4.69) is 0 Å². The number of hydrogen-bond acceptors (Lipinski definition) is 2. The van der Waals surface area contributed by atoms with Crippen molar-refractivity contribution in [3.8, 4) is 5.75 Å². The fraction of sp³-hybridized carbons (Fsp3) is 0.455. The molecule has 0 saturated carbocycles. The highest BCUT2D eigenvalue weighted by Gasteiger charge is 2.11. The maximum atomic E-state index is 5.69. The van der Waals surface area contributed by atoms with Gasteiger partial charge in [0.25, 0.3) is 0 Å². The van der Waals surface area contributed by atoms with Gasteiger partial charge in [0, 0.05) is 6.54 Å². The monoisotopic (exact) mass is 215 g/mol. The van der Waals surface area contributed by atoms with Gasteiger partial charge >= 0.3 is 0 Å². The van der Waals surface area contributed by atoms with Crippen molar-refractivity contribution in [2.75, 3.05) is 0 Å². The highest BCUT2D eigenvalue weighted by atomic mass is 35.5. The summed E-state index contributed by atoms with van der Waals surface area (Å²) in [6.07, 6.45) is 0. The second-order valence-corrected chi connectivity index (χ2v) is 4.07. The Bertz CT molecular complexity index is 281. The minimum absolute atomic E-state index is 0. The van der Waals surface area contributed by atoms with Gasteiger partial charge in [0.15, 0.2) is 0 Å². The van der Waals surface area contributed by atoms with E-state index >= 15 is 0 Å². The summed E-state index contributed by atoms with van der Waals surface area (Å²) in [6, 6.07) is 7.88. The van der Waals surface area contributed by atoms with Crippen molar-refractivity contribution < 1.29 is 4.74 Å². The molecule has 0 aliphatic carbocycles. The predicted octanol–water partition coefficient (Wildman–Crippen LogP) is 2.74. The summed E-state index contributed by atoms with van der Waals surface area (Å²) in [7, 11) is 0. The third-order valence-corrected chi connectivity index (χ3v) is 1.56. The first-order valence-corrected chi connectivity index (χ1v) is 4.49. The van der Waals surface area contributed by atoms with Crippen LogP contribution in [-0.2, 0) is 6.54 Å². The first-order chi connectivity index (χ1) is 6.01. The van der Waals surface area contributed by atoms with Crippen LogP contribution in [-0.4, -0.2) is 5.60 Å². The van der Waals surface area contributed by atoms with Crippen LogP contribution in [0.2, 0.25) is 0 Å². The summed E-state index contributed by atoms with van der Waals surface area (Å²) in [5, 5.41) is 0. The molecule has 0 unspecified atom stereocenters. The molecule has 0 spiro atoms. The molecule has 0 saturated heterocycles. The van der Waals surface area contributed by atoms with Gasteiger partial charge in [-0.05, 0) is 38.5 Å². The summed E-state index contributed by atoms with van der Waals surface area (Å²) < 4.78 is 5.69. The summed E-state index contributed by atoms with van der Waals surface area (Å²) >= 11 is 0. The molecule has 0 aliphatic rings. The van der Waals surface area contributed by atoms with Crippen LogP contribution in [0.3, 0.4) is 0 Å². The van der Waals surface area contributed by atoms with Gasteiger partial charge in [-0.15, -0.1) is 12.4 Å². The van der Waals surface area contributed by atoms with Crippen molar-refractivity contribution in [2.45, 2.75) is 32.9 Å². The second kappa shape index (κ2) is 5.23. The van der Waals surface area contributed by atoms with E-state index in [9.17, 15) is 0 Å². The van der Waals surface area contributed by atoms with Crippen molar-refractivity contribution in [3.63, 3.8) is 0 Å². The Morgan fingerprint density at radius 1 is 1.29 bits per heavy atom. The quantitative estimate of drug-likeness (QED) is 0.824. The fourth-order valence-electron chi connectivity index (χ4n) is 1.09. The zero-order valence-electron chi connectivity index (χ0n) is 8.91. The molecule has 0 aliphatic heterocycles. The molecule has 14 heavy (non-hydrogen) atoms. The van der Waals surface area contributed by atoms with Gasteiger partial charge in [-0.3, -0.25) is 0 Å². The van der Waals surface area contributed by atoms with Gasteiger partial charge in [-0.1, -0.05) is 12.1 Å². The topological polar surface area (TPSA) is 35.2 Å². The van der Waals surface area contributed by atoms with Crippen molar-refractivity contribution in [1.82, 2.24) is 0 Å². The molecule has 0 radical (unpaired) electrons. The Balaban J connectivity index is 0.00000169. The van der Waals surface area contributed by atoms with Gasteiger partial charge < -0.3 is 10.5 Å². The Labute approximate surface area is 91.9 Å². The molecule has 1 rings (SSSR count). The lowest BCUT2D eigenvalue weighted by Crippen LogP contribution is -2.23. The standard InChI is InChI=1S/C11H17NO.ClH/c1-11(2,3)13-10-6-4-5-9(7-10)8-12;/h4-7H,8,12H2,1-3H3;1H. The molecular weight excluding hydrogens is 198 g/mol. The molecule has 0 heterocycles. The van der Waals surface area contributed by atoms with Crippen molar-refractivity contribution in [2.24, 2.45) is 5.73 Å². The van der Waals surface area contributed by atoms with Crippen molar-refractivity contribution in [3.05, 3.63) is 29.8 Å². The Morgan fingerprint density at radius 3 is 2.43 bits per heavy atom. The maximum absolute atomic E-state index is 5.69. The molecule has 0 atom stereocenters. The number of benzene rings is 1. The average Bonchev–Trinajstić information content (AvgIpc) is 2.01. The lowest BCUT2D eigenvalue weighted by Gasteiger charge is -2.21. The largest absolute Gasteiger partial charge is 0.488 e. The Hall–Kier alpha value is -0.730. The molecule has 0 bridgehead atoms. The van der Waals surface area contributed by atoms with E-state index in [1.54, 1.807) is 0 Å². The van der Waals surface area contributed by atoms with Crippen molar-refractivity contribution in [1.29, 1.82) is 0 Å². The van der Waals surface area contributed by atoms with Gasteiger partial charge in [0.05, 0.1) is 0 Å². The second-order valence-electron chi connectivity index (χ2n) is 4.07. The molecule has 2 N–H and O–H groups in total. The molecule has 1 aromatic carbocycles. The zero-order chi connectivity index (χ0) is 9.90. The van der Waals surface area contributed by atoms with Crippen LogP contribution < -0.4 is 10.5 Å². The number of nitrogens with two attached hydrogens (primary N) is 1. The van der Waals surface area contributed by atoms with E-state index < -0.39 is 0 Å². The third-order valence-electron chi connectivity index (χ3n) is 1.56. The van der Waals surface area contributed by atoms with Crippen LogP contribution in [0.25, 0.3) is 0 Å². The minimum Gasteiger partial charge on any atom is -0.488 e. The van der Waals surface area contributed by atoms with Gasteiger partial charge in [-0.25, -0.2) is 0 Å². The van der Waals surface area contributed by atoms with Crippen LogP contribution in [0.4, 0.5) is 0 Å². The van der Waals surface area contributed by atoms with E-state index in [1.165, 1.54) is 0 Å². The van der Waals surface area contributed by atoms with E-state index in [0.29, 0.717) is 6.54 Å². The van der Waals surface area contributed by atoms with E-state index in [0.717, 1.165) is 11.3 Å². The van der Waals surface area contributed by atoms with E-state index in [1.807, 2.05) is 45.0 Å². The smallest absolute Gasteiger partial charge is 0.120 e. The average molecular weight is 216 g/mol. The van der Waals surface area contributed by atoms with Crippen LogP contribution in [0, 0.1) is 0 Å². The molecule has 3 heteroatoms. The molecule has 0 amide bonds. The normalized spacial score (nSPS) is 10.6. The third kappa shape index (κ3) is 4.49. The first kappa shape index (κ1) is 13.3.